The van der Waals surface area contributed by atoms with Crippen LogP contribution in [0.4, 0.5) is 0 Å². The number of hydrogen-bond acceptors (Lipinski definition) is 4. The lowest BCUT2D eigenvalue weighted by molar-refractivity contribution is -0.00810. The van der Waals surface area contributed by atoms with Crippen molar-refractivity contribution in [1.29, 1.82) is 0 Å². The lowest BCUT2D eigenvalue weighted by atomic mass is 9.65. The molecule has 1 fully saturated rings. The predicted molar refractivity (Wildman–Crippen MR) is 170 cm³/mol. The monoisotopic (exact) mass is 568 g/mol. The van der Waals surface area contributed by atoms with Gasteiger partial charge in [-0.2, -0.15) is 0 Å². The van der Waals surface area contributed by atoms with Crippen LogP contribution in [0.25, 0.3) is 0 Å². The highest BCUT2D eigenvalue weighted by Crippen LogP contribution is 2.55. The Hall–Kier alpha value is -1.74. The van der Waals surface area contributed by atoms with Crippen LogP contribution >= 0.6 is 0 Å². The number of unbranched alkanes of at least 4 members (excludes halogenated alkanes) is 3. The molecule has 3 rings (SSSR count). The maximum Gasteiger partial charge on any atom is 0.193 e. The van der Waals surface area contributed by atoms with Gasteiger partial charge in [0.05, 0.1) is 12.7 Å². The van der Waals surface area contributed by atoms with Crippen LogP contribution in [0.1, 0.15) is 117 Å². The molecule has 224 valence electrons. The average molecular weight is 569 g/mol. The van der Waals surface area contributed by atoms with Crippen molar-refractivity contribution < 1.29 is 19.0 Å². The first kappa shape index (κ1) is 32.8. The Morgan fingerprint density at radius 1 is 1.15 bits per heavy atom. The van der Waals surface area contributed by atoms with E-state index in [1.807, 2.05) is 0 Å². The van der Waals surface area contributed by atoms with E-state index in [0.29, 0.717) is 19.6 Å². The van der Waals surface area contributed by atoms with E-state index in [0.717, 1.165) is 36.3 Å². The standard InChI is InChI=1S/C35H56O4Si/c1-11-13-14-15-19-34(6,7)26-23-30(37-21-12-2)32-28-25-27(36)17-18-29(28)35(8,39-31(32)24-26)20-16-22-38-40(9,10)33(3,4)5/h12,23-24,27-29,36H,2,11,13-15,17-19,21-22,25H2,1,3-10H3/t27-,28+,29+,35-/m0/s1. The highest BCUT2D eigenvalue weighted by atomic mass is 28.4. The molecular weight excluding hydrogens is 512 g/mol. The zero-order valence-electron chi connectivity index (χ0n) is 26.9. The van der Waals surface area contributed by atoms with Crippen LogP contribution < -0.4 is 9.47 Å². The van der Waals surface area contributed by atoms with E-state index in [9.17, 15) is 5.11 Å². The first-order chi connectivity index (χ1) is 18.6. The summed E-state index contributed by atoms with van der Waals surface area (Å²) in [4.78, 5) is 0. The second-order valence-corrected chi connectivity index (χ2v) is 19.2. The minimum Gasteiger partial charge on any atom is -0.489 e. The molecule has 4 nitrogen and oxygen atoms in total. The van der Waals surface area contributed by atoms with Gasteiger partial charge in [-0.15, -0.1) is 0 Å². The van der Waals surface area contributed by atoms with Crippen molar-refractivity contribution in [2.75, 3.05) is 13.2 Å². The van der Waals surface area contributed by atoms with E-state index in [1.54, 1.807) is 6.08 Å². The molecule has 0 bridgehead atoms. The summed E-state index contributed by atoms with van der Waals surface area (Å²) in [7, 11) is -1.88. The normalized spacial score (nSPS) is 24.7. The number of aliphatic hydroxyl groups excluding tert-OH is 1. The first-order valence-electron chi connectivity index (χ1n) is 15.6. The second-order valence-electron chi connectivity index (χ2n) is 14.4. The van der Waals surface area contributed by atoms with Crippen LogP contribution in [0, 0.1) is 17.8 Å². The van der Waals surface area contributed by atoms with Gasteiger partial charge < -0.3 is 19.0 Å². The van der Waals surface area contributed by atoms with Crippen LogP contribution in [-0.2, 0) is 9.84 Å². The van der Waals surface area contributed by atoms with E-state index in [-0.39, 0.29) is 28.4 Å². The van der Waals surface area contributed by atoms with Crippen molar-refractivity contribution in [2.45, 2.75) is 141 Å². The van der Waals surface area contributed by atoms with Gasteiger partial charge in [-0.25, -0.2) is 0 Å². The van der Waals surface area contributed by atoms with Gasteiger partial charge in [-0.3, -0.25) is 0 Å². The first-order valence-corrected chi connectivity index (χ1v) is 18.5. The highest BCUT2D eigenvalue weighted by molar-refractivity contribution is 6.74. The molecule has 0 saturated heterocycles. The Kier molecular flexibility index (Phi) is 10.7. The molecule has 1 aliphatic heterocycles. The third kappa shape index (κ3) is 7.55. The van der Waals surface area contributed by atoms with Crippen LogP contribution in [0.2, 0.25) is 18.1 Å². The molecule has 40 heavy (non-hydrogen) atoms. The number of aliphatic hydroxyl groups is 1. The van der Waals surface area contributed by atoms with E-state index in [2.05, 4.69) is 92.1 Å². The Bertz CT molecular complexity index is 1070. The number of rotatable bonds is 11. The van der Waals surface area contributed by atoms with E-state index in [1.165, 1.54) is 31.2 Å². The smallest absolute Gasteiger partial charge is 0.193 e. The fourth-order valence-electron chi connectivity index (χ4n) is 6.04. The van der Waals surface area contributed by atoms with Gasteiger partial charge in [-0.05, 0) is 73.9 Å². The Balaban J connectivity index is 2.01. The van der Waals surface area contributed by atoms with Crippen molar-refractivity contribution >= 4 is 8.32 Å². The number of ether oxygens (including phenoxy) is 2. The topological polar surface area (TPSA) is 47.9 Å². The third-order valence-corrected chi connectivity index (χ3v) is 14.2. The van der Waals surface area contributed by atoms with E-state index in [4.69, 9.17) is 13.9 Å². The summed E-state index contributed by atoms with van der Waals surface area (Å²) < 4.78 is 19.6. The Morgan fingerprint density at radius 3 is 2.52 bits per heavy atom. The van der Waals surface area contributed by atoms with Crippen LogP contribution in [0.5, 0.6) is 11.5 Å². The summed E-state index contributed by atoms with van der Waals surface area (Å²) in [5.41, 5.74) is 1.65. The van der Waals surface area contributed by atoms with Crippen molar-refractivity contribution in [3.8, 4) is 23.3 Å². The minimum absolute atomic E-state index is 0.0135. The lowest BCUT2D eigenvalue weighted by Gasteiger charge is -2.48. The zero-order chi connectivity index (χ0) is 29.8. The van der Waals surface area contributed by atoms with Gasteiger partial charge in [0, 0.05) is 17.4 Å². The molecule has 0 radical (unpaired) electrons. The molecule has 1 aromatic rings. The Labute approximate surface area is 246 Å². The Morgan fingerprint density at radius 2 is 1.88 bits per heavy atom. The fraction of sp³-hybridized carbons (Fsp3) is 0.714. The number of hydrogen-bond donors (Lipinski definition) is 1. The molecule has 1 heterocycles. The molecule has 1 saturated carbocycles. The third-order valence-electron chi connectivity index (χ3n) is 9.77. The number of benzene rings is 1. The molecule has 1 N–H and O–H groups in total. The quantitative estimate of drug-likeness (QED) is 0.125. The fourth-order valence-corrected chi connectivity index (χ4v) is 6.91. The number of fused-ring (bicyclic) bond motifs is 3. The molecule has 4 atom stereocenters. The second kappa shape index (κ2) is 13.1. The maximum atomic E-state index is 10.8. The van der Waals surface area contributed by atoms with Gasteiger partial charge >= 0.3 is 0 Å². The molecule has 5 heteroatoms. The summed E-state index contributed by atoms with van der Waals surface area (Å²) in [5, 5.41) is 10.9. The molecule has 0 aromatic heterocycles. The molecule has 0 unspecified atom stereocenters. The lowest BCUT2D eigenvalue weighted by Crippen LogP contribution is -2.49. The largest absolute Gasteiger partial charge is 0.489 e. The van der Waals surface area contributed by atoms with Gasteiger partial charge in [0.15, 0.2) is 13.9 Å². The van der Waals surface area contributed by atoms with Gasteiger partial charge in [0.2, 0.25) is 0 Å². The van der Waals surface area contributed by atoms with Crippen molar-refractivity contribution in [3.05, 3.63) is 35.9 Å². The summed E-state index contributed by atoms with van der Waals surface area (Å²) in [6, 6.07) is 4.46. The van der Waals surface area contributed by atoms with Crippen LogP contribution in [0.3, 0.4) is 0 Å². The van der Waals surface area contributed by atoms with Gasteiger partial charge in [0.25, 0.3) is 0 Å². The van der Waals surface area contributed by atoms with Gasteiger partial charge in [0.1, 0.15) is 18.1 Å². The van der Waals surface area contributed by atoms with Crippen molar-refractivity contribution in [1.82, 2.24) is 0 Å². The molecule has 0 spiro atoms. The van der Waals surface area contributed by atoms with Gasteiger partial charge in [-0.1, -0.05) is 91.7 Å². The van der Waals surface area contributed by atoms with Crippen molar-refractivity contribution in [2.24, 2.45) is 5.92 Å². The summed E-state index contributed by atoms with van der Waals surface area (Å²) in [5.74, 6) is 8.91. The average Bonchev–Trinajstić information content (AvgIpc) is 2.86. The highest BCUT2D eigenvalue weighted by Gasteiger charge is 2.50. The maximum absolute atomic E-state index is 10.8. The van der Waals surface area contributed by atoms with Crippen molar-refractivity contribution in [3.63, 3.8) is 0 Å². The van der Waals surface area contributed by atoms with E-state index < -0.39 is 13.9 Å². The zero-order valence-corrected chi connectivity index (χ0v) is 27.9. The van der Waals surface area contributed by atoms with E-state index >= 15 is 0 Å². The molecule has 2 aliphatic rings. The summed E-state index contributed by atoms with van der Waals surface area (Å²) in [6.45, 7) is 25.1. The van der Waals surface area contributed by atoms with Crippen LogP contribution in [-0.4, -0.2) is 38.3 Å². The summed E-state index contributed by atoms with van der Waals surface area (Å²) in [6.07, 6.45) is 9.89. The predicted octanol–water partition coefficient (Wildman–Crippen LogP) is 8.92. The summed E-state index contributed by atoms with van der Waals surface area (Å²) >= 11 is 0. The SMILES string of the molecule is C=CCOc1cc(C(C)(C)CCCCCC)cc2c1[C@@H]1C[C@@H](O)CC[C@H]1[C@](C)(C#CCO[Si](C)(C)C(C)(C)C)O2. The molecule has 1 aromatic carbocycles. The van der Waals surface area contributed by atoms with Crippen LogP contribution in [0.15, 0.2) is 24.8 Å². The molecular formula is C35H56O4Si. The molecule has 1 aliphatic carbocycles. The molecule has 0 amide bonds. The minimum atomic E-state index is -1.88.